The van der Waals surface area contributed by atoms with Crippen LogP contribution in [0.1, 0.15) is 50.5 Å². The average Bonchev–Trinajstić information content (AvgIpc) is 3.11. The number of hydrogen-bond acceptors (Lipinski definition) is 4. The molecule has 0 saturated carbocycles. The number of para-hydroxylation sites is 1. The molecule has 0 spiro atoms. The Morgan fingerprint density at radius 1 is 1.04 bits per heavy atom. The van der Waals surface area contributed by atoms with Crippen LogP contribution < -0.4 is 11.1 Å². The molecule has 148 valence electrons. The van der Waals surface area contributed by atoms with Crippen LogP contribution in [0.4, 0.5) is 11.4 Å². The lowest BCUT2D eigenvalue weighted by molar-refractivity contribution is 0.0852. The van der Waals surface area contributed by atoms with Crippen molar-refractivity contribution in [2.45, 2.75) is 45.6 Å². The van der Waals surface area contributed by atoms with Gasteiger partial charge in [0.25, 0.3) is 5.91 Å². The first kappa shape index (κ1) is 20.1. The summed E-state index contributed by atoms with van der Waals surface area (Å²) in [6, 6.07) is 15.9. The summed E-state index contributed by atoms with van der Waals surface area (Å²) in [4.78, 5) is 19.0. The summed E-state index contributed by atoms with van der Waals surface area (Å²) in [5.74, 6) is 0.593. The molecule has 1 heterocycles. The number of nitrogens with two attached hydrogens (primary N) is 1. The van der Waals surface area contributed by atoms with Gasteiger partial charge in [0.2, 0.25) is 0 Å². The summed E-state index contributed by atoms with van der Waals surface area (Å²) >= 11 is 0. The van der Waals surface area contributed by atoms with Crippen molar-refractivity contribution in [3.05, 3.63) is 59.7 Å². The van der Waals surface area contributed by atoms with Gasteiger partial charge in [-0.1, -0.05) is 39.0 Å². The number of benzene rings is 2. The fourth-order valence-electron chi connectivity index (χ4n) is 3.45. The molecule has 5 nitrogen and oxygen atoms in total. The Morgan fingerprint density at radius 2 is 1.68 bits per heavy atom. The van der Waals surface area contributed by atoms with Gasteiger partial charge in [-0.15, -0.1) is 0 Å². The lowest BCUT2D eigenvalue weighted by Gasteiger charge is -2.27. The number of anilines is 2. The number of nitrogens with zero attached hydrogens (tertiary/aromatic N) is 2. The number of carbonyl (C=O) groups is 1. The fourth-order valence-corrected chi connectivity index (χ4v) is 3.45. The van der Waals surface area contributed by atoms with E-state index in [9.17, 15) is 4.79 Å². The van der Waals surface area contributed by atoms with E-state index >= 15 is 0 Å². The molecule has 5 heteroatoms. The maximum atomic E-state index is 12.9. The molecule has 0 bridgehead atoms. The second-order valence-corrected chi connectivity index (χ2v) is 8.88. The lowest BCUT2D eigenvalue weighted by atomic mass is 9.86. The fraction of sp³-hybridized carbons (Fsp3) is 0.391. The molecule has 0 radical (unpaired) electrons. The first-order valence-corrected chi connectivity index (χ1v) is 9.69. The van der Waals surface area contributed by atoms with Crippen molar-refractivity contribution >= 4 is 23.1 Å². The van der Waals surface area contributed by atoms with E-state index in [-0.39, 0.29) is 11.3 Å². The molecule has 0 fully saturated rings. The molecule has 0 unspecified atom stereocenters. The molecule has 1 amide bonds. The minimum absolute atomic E-state index is 0.0417. The molecule has 3 N–H and O–H groups in total. The Kier molecular flexibility index (Phi) is 5.31. The van der Waals surface area contributed by atoms with E-state index in [0.29, 0.717) is 24.5 Å². The van der Waals surface area contributed by atoms with E-state index in [1.807, 2.05) is 44.2 Å². The van der Waals surface area contributed by atoms with Crippen LogP contribution in [-0.4, -0.2) is 35.3 Å². The third-order valence-corrected chi connectivity index (χ3v) is 4.81. The Balaban J connectivity index is 1.78. The summed E-state index contributed by atoms with van der Waals surface area (Å²) in [5, 5.41) is 3.48. The zero-order valence-electron chi connectivity index (χ0n) is 17.4. The molecule has 2 aromatic rings. The average molecular weight is 379 g/mol. The topological polar surface area (TPSA) is 70.7 Å². The molecule has 3 rings (SSSR count). The predicted molar refractivity (Wildman–Crippen MR) is 116 cm³/mol. The first-order valence-electron chi connectivity index (χ1n) is 9.69. The van der Waals surface area contributed by atoms with Gasteiger partial charge in [0.05, 0.1) is 12.1 Å². The zero-order valence-corrected chi connectivity index (χ0v) is 17.4. The highest BCUT2D eigenvalue weighted by molar-refractivity contribution is 6.10. The third-order valence-electron chi connectivity index (χ3n) is 4.81. The minimum atomic E-state index is -0.635. The number of aliphatic imine (C=N–C) groups is 1. The van der Waals surface area contributed by atoms with Gasteiger partial charge >= 0.3 is 0 Å². The number of amides is 1. The van der Waals surface area contributed by atoms with Crippen molar-refractivity contribution in [2.75, 3.05) is 18.4 Å². The summed E-state index contributed by atoms with van der Waals surface area (Å²) in [6.07, 6.45) is 0. The van der Waals surface area contributed by atoms with E-state index in [1.54, 1.807) is 4.90 Å². The number of hydrogen-bond donors (Lipinski definition) is 2. The SMILES string of the molecule is CC(C)(N)C1=NCCN1C(=O)c1ccc(Nc2ccccc2C(C)(C)C)cc1. The van der Waals surface area contributed by atoms with E-state index in [0.717, 1.165) is 11.4 Å². The number of rotatable bonds is 4. The van der Waals surface area contributed by atoms with Crippen molar-refractivity contribution in [2.24, 2.45) is 10.7 Å². The van der Waals surface area contributed by atoms with Gasteiger partial charge in [0, 0.05) is 23.5 Å². The standard InChI is InChI=1S/C23H30N4O/c1-22(2,3)18-8-6-7-9-19(18)26-17-12-10-16(11-13-17)20(28)27-15-14-25-21(27)23(4,5)24/h6-13,26H,14-15,24H2,1-5H3. The normalized spacial score (nSPS) is 14.8. The van der Waals surface area contributed by atoms with Crippen LogP contribution in [0.5, 0.6) is 0 Å². The second-order valence-electron chi connectivity index (χ2n) is 8.88. The number of amidine groups is 1. The molecule has 0 aliphatic carbocycles. The predicted octanol–water partition coefficient (Wildman–Crippen LogP) is 4.32. The highest BCUT2D eigenvalue weighted by atomic mass is 16.2. The van der Waals surface area contributed by atoms with Gasteiger partial charge in [-0.25, -0.2) is 0 Å². The molecule has 0 aromatic heterocycles. The summed E-state index contributed by atoms with van der Waals surface area (Å²) in [6.45, 7) is 11.5. The highest BCUT2D eigenvalue weighted by Gasteiger charge is 2.33. The maximum Gasteiger partial charge on any atom is 0.259 e. The zero-order chi connectivity index (χ0) is 20.5. The number of nitrogens with one attached hydrogen (secondary N) is 1. The van der Waals surface area contributed by atoms with E-state index in [4.69, 9.17) is 5.73 Å². The van der Waals surface area contributed by atoms with Gasteiger partial charge in [-0.3, -0.25) is 14.7 Å². The molecule has 1 aliphatic heterocycles. The molecule has 1 aliphatic rings. The monoisotopic (exact) mass is 378 g/mol. The molecular weight excluding hydrogens is 348 g/mol. The first-order chi connectivity index (χ1) is 13.1. The van der Waals surface area contributed by atoms with E-state index < -0.39 is 5.54 Å². The quantitative estimate of drug-likeness (QED) is 0.832. The molecule has 2 aromatic carbocycles. The molecular formula is C23H30N4O. The van der Waals surface area contributed by atoms with Gasteiger partial charge in [0.1, 0.15) is 5.84 Å². The highest BCUT2D eigenvalue weighted by Crippen LogP contribution is 2.31. The number of carbonyl (C=O) groups excluding carboxylic acids is 1. The van der Waals surface area contributed by atoms with E-state index in [1.165, 1.54) is 5.56 Å². The largest absolute Gasteiger partial charge is 0.355 e. The molecule has 28 heavy (non-hydrogen) atoms. The van der Waals surface area contributed by atoms with Gasteiger partial charge < -0.3 is 11.1 Å². The van der Waals surface area contributed by atoms with Crippen LogP contribution in [0.3, 0.4) is 0 Å². The van der Waals surface area contributed by atoms with Crippen molar-refractivity contribution in [1.82, 2.24) is 4.90 Å². The third kappa shape index (κ3) is 4.25. The smallest absolute Gasteiger partial charge is 0.259 e. The minimum Gasteiger partial charge on any atom is -0.355 e. The summed E-state index contributed by atoms with van der Waals surface area (Å²) < 4.78 is 0. The van der Waals surface area contributed by atoms with Crippen molar-refractivity contribution in [3.63, 3.8) is 0 Å². The van der Waals surface area contributed by atoms with Gasteiger partial charge in [-0.2, -0.15) is 0 Å². The van der Waals surface area contributed by atoms with Gasteiger partial charge in [-0.05, 0) is 55.2 Å². The molecule has 0 saturated heterocycles. The lowest BCUT2D eigenvalue weighted by Crippen LogP contribution is -2.51. The second kappa shape index (κ2) is 7.40. The van der Waals surface area contributed by atoms with Crippen molar-refractivity contribution in [3.8, 4) is 0 Å². The Morgan fingerprint density at radius 3 is 2.29 bits per heavy atom. The Labute approximate surface area is 167 Å². The Hall–Kier alpha value is -2.66. The maximum absolute atomic E-state index is 12.9. The van der Waals surface area contributed by atoms with Crippen LogP contribution in [0.25, 0.3) is 0 Å². The van der Waals surface area contributed by atoms with Crippen LogP contribution in [0.15, 0.2) is 53.5 Å². The Bertz CT molecular complexity index is 886. The van der Waals surface area contributed by atoms with Crippen LogP contribution in [-0.2, 0) is 5.41 Å². The van der Waals surface area contributed by atoms with Crippen molar-refractivity contribution in [1.29, 1.82) is 0 Å². The summed E-state index contributed by atoms with van der Waals surface area (Å²) in [5.41, 5.74) is 9.48. The van der Waals surface area contributed by atoms with Crippen LogP contribution >= 0.6 is 0 Å². The van der Waals surface area contributed by atoms with Gasteiger partial charge in [0.15, 0.2) is 0 Å². The van der Waals surface area contributed by atoms with Crippen LogP contribution in [0, 0.1) is 0 Å². The molecule has 0 atom stereocenters. The van der Waals surface area contributed by atoms with Crippen LogP contribution in [0.2, 0.25) is 0 Å². The summed E-state index contributed by atoms with van der Waals surface area (Å²) in [7, 11) is 0. The van der Waals surface area contributed by atoms with Crippen molar-refractivity contribution < 1.29 is 4.79 Å². The van der Waals surface area contributed by atoms with E-state index in [2.05, 4.69) is 49.3 Å².